The molecule has 0 radical (unpaired) electrons. The SMILES string of the molecule is Cc1cccc2cc(C(O)C(O)C(C)C)oc12. The molecule has 0 saturated carbocycles. The Bertz CT molecular complexity index is 513. The fraction of sp³-hybridized carbons (Fsp3) is 0.429. The number of aliphatic hydroxyl groups excluding tert-OH is 2. The third-order valence-corrected chi connectivity index (χ3v) is 3.06. The van der Waals surface area contributed by atoms with Crippen molar-refractivity contribution in [1.82, 2.24) is 0 Å². The minimum Gasteiger partial charge on any atom is -0.458 e. The van der Waals surface area contributed by atoms with E-state index in [0.29, 0.717) is 5.76 Å². The highest BCUT2D eigenvalue weighted by molar-refractivity contribution is 5.80. The van der Waals surface area contributed by atoms with Crippen LogP contribution in [0.1, 0.15) is 31.3 Å². The van der Waals surface area contributed by atoms with E-state index in [-0.39, 0.29) is 5.92 Å². The van der Waals surface area contributed by atoms with Crippen molar-refractivity contribution in [2.75, 3.05) is 0 Å². The largest absolute Gasteiger partial charge is 0.458 e. The number of furan rings is 1. The molecule has 0 spiro atoms. The Morgan fingerprint density at radius 1 is 1.18 bits per heavy atom. The summed E-state index contributed by atoms with van der Waals surface area (Å²) in [6.07, 6.45) is -1.78. The Hall–Kier alpha value is -1.32. The number of aliphatic hydroxyl groups is 2. The Morgan fingerprint density at radius 3 is 2.47 bits per heavy atom. The van der Waals surface area contributed by atoms with Crippen LogP contribution in [0.4, 0.5) is 0 Å². The number of fused-ring (bicyclic) bond motifs is 1. The molecule has 0 aliphatic heterocycles. The van der Waals surface area contributed by atoms with Gasteiger partial charge in [0.05, 0.1) is 6.10 Å². The molecule has 0 fully saturated rings. The Kier molecular flexibility index (Phi) is 3.22. The highest BCUT2D eigenvalue weighted by Gasteiger charge is 2.24. The maximum absolute atomic E-state index is 10.0. The van der Waals surface area contributed by atoms with Gasteiger partial charge in [-0.2, -0.15) is 0 Å². The van der Waals surface area contributed by atoms with Gasteiger partial charge in [0.15, 0.2) is 0 Å². The fourth-order valence-electron chi connectivity index (χ4n) is 1.91. The lowest BCUT2D eigenvalue weighted by atomic mass is 10.0. The van der Waals surface area contributed by atoms with Crippen molar-refractivity contribution in [3.63, 3.8) is 0 Å². The monoisotopic (exact) mass is 234 g/mol. The molecule has 2 rings (SSSR count). The Labute approximate surface area is 101 Å². The number of rotatable bonds is 3. The first-order valence-corrected chi connectivity index (χ1v) is 5.86. The number of para-hydroxylation sites is 1. The molecule has 1 aromatic heterocycles. The van der Waals surface area contributed by atoms with E-state index in [9.17, 15) is 10.2 Å². The predicted molar refractivity (Wildman–Crippen MR) is 66.8 cm³/mol. The van der Waals surface area contributed by atoms with Crippen LogP contribution in [-0.2, 0) is 0 Å². The van der Waals surface area contributed by atoms with Crippen LogP contribution in [0, 0.1) is 12.8 Å². The van der Waals surface area contributed by atoms with Crippen molar-refractivity contribution in [3.8, 4) is 0 Å². The highest BCUT2D eigenvalue weighted by Crippen LogP contribution is 2.29. The Morgan fingerprint density at radius 2 is 1.88 bits per heavy atom. The minimum atomic E-state index is -0.971. The van der Waals surface area contributed by atoms with E-state index >= 15 is 0 Å². The molecular weight excluding hydrogens is 216 g/mol. The summed E-state index contributed by atoms with van der Waals surface area (Å²) in [5.74, 6) is 0.412. The molecule has 2 unspecified atom stereocenters. The number of aryl methyl sites for hydroxylation is 1. The predicted octanol–water partition coefficient (Wildman–Crippen LogP) is 2.79. The van der Waals surface area contributed by atoms with Crippen molar-refractivity contribution in [3.05, 3.63) is 35.6 Å². The molecule has 2 aromatic rings. The third kappa shape index (κ3) is 2.21. The lowest BCUT2D eigenvalue weighted by Gasteiger charge is -2.18. The molecule has 0 saturated heterocycles. The van der Waals surface area contributed by atoms with Crippen molar-refractivity contribution in [1.29, 1.82) is 0 Å². The molecule has 1 heterocycles. The van der Waals surface area contributed by atoms with Crippen LogP contribution in [0.15, 0.2) is 28.7 Å². The number of hydrogen-bond donors (Lipinski definition) is 2. The first-order valence-electron chi connectivity index (χ1n) is 5.86. The third-order valence-electron chi connectivity index (χ3n) is 3.06. The van der Waals surface area contributed by atoms with Crippen LogP contribution in [0.2, 0.25) is 0 Å². The van der Waals surface area contributed by atoms with Gasteiger partial charge in [-0.15, -0.1) is 0 Å². The topological polar surface area (TPSA) is 53.6 Å². The summed E-state index contributed by atoms with van der Waals surface area (Å²) in [6, 6.07) is 7.63. The van der Waals surface area contributed by atoms with E-state index in [2.05, 4.69) is 0 Å². The second-order valence-electron chi connectivity index (χ2n) is 4.82. The van der Waals surface area contributed by atoms with Crippen molar-refractivity contribution < 1.29 is 14.6 Å². The number of hydrogen-bond acceptors (Lipinski definition) is 3. The van der Waals surface area contributed by atoms with Crippen LogP contribution < -0.4 is 0 Å². The molecule has 0 amide bonds. The lowest BCUT2D eigenvalue weighted by molar-refractivity contribution is -0.0197. The van der Waals surface area contributed by atoms with Crippen molar-refractivity contribution >= 4 is 11.0 Å². The molecule has 2 atom stereocenters. The van der Waals surface area contributed by atoms with Crippen LogP contribution in [-0.4, -0.2) is 16.3 Å². The highest BCUT2D eigenvalue weighted by atomic mass is 16.4. The number of benzene rings is 1. The molecule has 0 bridgehead atoms. The molecule has 0 aliphatic carbocycles. The van der Waals surface area contributed by atoms with Gasteiger partial charge >= 0.3 is 0 Å². The Balaban J connectivity index is 2.40. The summed E-state index contributed by atoms with van der Waals surface area (Å²) >= 11 is 0. The maximum atomic E-state index is 10.0. The second-order valence-corrected chi connectivity index (χ2v) is 4.82. The van der Waals surface area contributed by atoms with Crippen molar-refractivity contribution in [2.45, 2.75) is 33.0 Å². The van der Waals surface area contributed by atoms with Gasteiger partial charge in [-0.05, 0) is 24.5 Å². The summed E-state index contributed by atoms with van der Waals surface area (Å²) in [7, 11) is 0. The van der Waals surface area contributed by atoms with E-state index in [1.165, 1.54) is 0 Å². The standard InChI is InChI=1S/C14H18O3/c1-8(2)12(15)13(16)11-7-10-6-4-5-9(3)14(10)17-11/h4-8,12-13,15-16H,1-3H3. The second kappa shape index (κ2) is 4.51. The van der Waals surface area contributed by atoms with Gasteiger partial charge in [-0.25, -0.2) is 0 Å². The average Bonchev–Trinajstić information content (AvgIpc) is 2.72. The van der Waals surface area contributed by atoms with Gasteiger partial charge < -0.3 is 14.6 Å². The smallest absolute Gasteiger partial charge is 0.138 e. The normalized spacial score (nSPS) is 15.4. The molecule has 1 aromatic carbocycles. The van der Waals surface area contributed by atoms with E-state index in [1.807, 2.05) is 39.0 Å². The van der Waals surface area contributed by atoms with E-state index in [1.54, 1.807) is 6.07 Å². The maximum Gasteiger partial charge on any atom is 0.138 e. The van der Waals surface area contributed by atoms with Gasteiger partial charge in [-0.1, -0.05) is 32.0 Å². The first-order chi connectivity index (χ1) is 8.00. The molecule has 0 aliphatic rings. The fourth-order valence-corrected chi connectivity index (χ4v) is 1.91. The van der Waals surface area contributed by atoms with Gasteiger partial charge in [0.2, 0.25) is 0 Å². The first kappa shape index (κ1) is 12.1. The minimum absolute atomic E-state index is 0.0145. The van der Waals surface area contributed by atoms with Crippen molar-refractivity contribution in [2.24, 2.45) is 5.92 Å². The summed E-state index contributed by atoms with van der Waals surface area (Å²) in [6.45, 7) is 5.68. The van der Waals surface area contributed by atoms with Crippen LogP contribution in [0.3, 0.4) is 0 Å². The molecule has 2 N–H and O–H groups in total. The summed E-state index contributed by atoms with van der Waals surface area (Å²) in [5.41, 5.74) is 1.80. The van der Waals surface area contributed by atoms with E-state index in [4.69, 9.17) is 4.42 Å². The molecule has 3 heteroatoms. The zero-order valence-electron chi connectivity index (χ0n) is 10.3. The summed E-state index contributed by atoms with van der Waals surface area (Å²) in [5, 5.41) is 20.8. The van der Waals surface area contributed by atoms with Gasteiger partial charge in [-0.3, -0.25) is 0 Å². The van der Waals surface area contributed by atoms with E-state index < -0.39 is 12.2 Å². The van der Waals surface area contributed by atoms with Crippen LogP contribution >= 0.6 is 0 Å². The lowest BCUT2D eigenvalue weighted by Crippen LogP contribution is -2.23. The van der Waals surface area contributed by atoms with Gasteiger partial charge in [0.25, 0.3) is 0 Å². The zero-order valence-corrected chi connectivity index (χ0v) is 10.3. The molecule has 92 valence electrons. The molecule has 17 heavy (non-hydrogen) atoms. The van der Waals surface area contributed by atoms with Crippen LogP contribution in [0.5, 0.6) is 0 Å². The van der Waals surface area contributed by atoms with E-state index in [0.717, 1.165) is 16.5 Å². The quantitative estimate of drug-likeness (QED) is 0.858. The zero-order chi connectivity index (χ0) is 12.6. The summed E-state index contributed by atoms with van der Waals surface area (Å²) in [4.78, 5) is 0. The molecular formula is C14H18O3. The summed E-state index contributed by atoms with van der Waals surface area (Å²) < 4.78 is 5.62. The average molecular weight is 234 g/mol. The van der Waals surface area contributed by atoms with Gasteiger partial charge in [0.1, 0.15) is 17.4 Å². The molecule has 3 nitrogen and oxygen atoms in total. The van der Waals surface area contributed by atoms with Gasteiger partial charge in [0, 0.05) is 5.39 Å². The van der Waals surface area contributed by atoms with Crippen LogP contribution in [0.25, 0.3) is 11.0 Å².